The van der Waals surface area contributed by atoms with Gasteiger partial charge >= 0.3 is 0 Å². The Balaban J connectivity index is 1.38. The number of fused-ring (bicyclic) bond motifs is 2. The Hall–Kier alpha value is -3.35. The van der Waals surface area contributed by atoms with Gasteiger partial charge < -0.3 is 9.73 Å². The average molecular weight is 491 g/mol. The van der Waals surface area contributed by atoms with Gasteiger partial charge in [-0.3, -0.25) is 14.2 Å². The smallest absolute Gasteiger partial charge is 0.262 e. The van der Waals surface area contributed by atoms with E-state index in [9.17, 15) is 14.9 Å². The molecule has 1 aliphatic rings. The number of nitriles is 1. The molecular weight excluding hydrogens is 468 g/mol. The molecule has 5 rings (SSSR count). The summed E-state index contributed by atoms with van der Waals surface area (Å²) in [5.41, 5.74) is 2.09. The van der Waals surface area contributed by atoms with Gasteiger partial charge in [0, 0.05) is 4.88 Å². The van der Waals surface area contributed by atoms with E-state index in [2.05, 4.69) is 16.4 Å². The van der Waals surface area contributed by atoms with Crippen LogP contribution in [0.1, 0.15) is 41.0 Å². The minimum absolute atomic E-state index is 0.0658. The normalized spacial score (nSPS) is 13.3. The molecule has 1 amide bonds. The zero-order valence-corrected chi connectivity index (χ0v) is 20.0. The van der Waals surface area contributed by atoms with Gasteiger partial charge in [-0.1, -0.05) is 30.3 Å². The summed E-state index contributed by atoms with van der Waals surface area (Å²) in [4.78, 5) is 31.9. The number of thiophene rings is 1. The number of benzene rings is 1. The molecule has 0 unspecified atom stereocenters. The molecule has 3 heterocycles. The van der Waals surface area contributed by atoms with Crippen molar-refractivity contribution >= 4 is 44.9 Å². The molecule has 0 spiro atoms. The van der Waals surface area contributed by atoms with Crippen LogP contribution in [0.3, 0.4) is 0 Å². The number of aromatic nitrogens is 2. The van der Waals surface area contributed by atoms with Crippen LogP contribution in [0, 0.1) is 11.3 Å². The highest BCUT2D eigenvalue weighted by Crippen LogP contribution is 2.37. The van der Waals surface area contributed by atoms with Crippen LogP contribution in [0.2, 0.25) is 0 Å². The van der Waals surface area contributed by atoms with Crippen molar-refractivity contribution in [3.05, 3.63) is 74.8 Å². The molecule has 172 valence electrons. The predicted octanol–water partition coefficient (Wildman–Crippen LogP) is 4.97. The van der Waals surface area contributed by atoms with E-state index in [0.717, 1.165) is 31.2 Å². The second-order valence-electron chi connectivity index (χ2n) is 8.10. The number of anilines is 1. The lowest BCUT2D eigenvalue weighted by Crippen LogP contribution is -2.24. The van der Waals surface area contributed by atoms with Crippen molar-refractivity contribution in [3.8, 4) is 6.07 Å². The van der Waals surface area contributed by atoms with Crippen molar-refractivity contribution in [1.29, 1.82) is 5.26 Å². The molecule has 34 heavy (non-hydrogen) atoms. The molecule has 0 bridgehead atoms. The molecule has 0 radical (unpaired) electrons. The van der Waals surface area contributed by atoms with Crippen LogP contribution < -0.4 is 10.9 Å². The number of furan rings is 1. The van der Waals surface area contributed by atoms with Gasteiger partial charge in [0.25, 0.3) is 5.56 Å². The Labute approximate surface area is 204 Å². The van der Waals surface area contributed by atoms with Crippen molar-refractivity contribution in [2.45, 2.75) is 43.8 Å². The Morgan fingerprint density at radius 2 is 2.06 bits per heavy atom. The van der Waals surface area contributed by atoms with Crippen molar-refractivity contribution < 1.29 is 9.21 Å². The highest BCUT2D eigenvalue weighted by Gasteiger charge is 2.21. The summed E-state index contributed by atoms with van der Waals surface area (Å²) in [6.45, 7) is 0.226. The third-order valence-corrected chi connectivity index (χ3v) is 8.02. The van der Waals surface area contributed by atoms with E-state index in [1.165, 1.54) is 39.0 Å². The lowest BCUT2D eigenvalue weighted by molar-refractivity contribution is -0.113. The Morgan fingerprint density at radius 1 is 1.21 bits per heavy atom. The summed E-state index contributed by atoms with van der Waals surface area (Å²) in [5, 5.41) is 14.2. The summed E-state index contributed by atoms with van der Waals surface area (Å²) >= 11 is 2.71. The van der Waals surface area contributed by atoms with Crippen molar-refractivity contribution in [3.63, 3.8) is 0 Å². The molecule has 1 aliphatic carbocycles. The summed E-state index contributed by atoms with van der Waals surface area (Å²) in [6.07, 6.45) is 6.76. The number of amides is 1. The molecule has 7 nitrogen and oxygen atoms in total. The molecule has 1 aromatic carbocycles. The van der Waals surface area contributed by atoms with Crippen molar-refractivity contribution in [2.24, 2.45) is 0 Å². The third-order valence-electron chi connectivity index (χ3n) is 5.84. The zero-order chi connectivity index (χ0) is 23.5. The minimum atomic E-state index is -0.232. The Morgan fingerprint density at radius 3 is 2.88 bits per heavy atom. The van der Waals surface area contributed by atoms with Gasteiger partial charge in [-0.05, 0) is 55.5 Å². The number of para-hydroxylation sites is 1. The first kappa shape index (κ1) is 22.4. The number of hydrogen-bond donors (Lipinski definition) is 1. The molecule has 9 heteroatoms. The number of carbonyl (C=O) groups is 1. The van der Waals surface area contributed by atoms with Gasteiger partial charge in [0.1, 0.15) is 16.8 Å². The Kier molecular flexibility index (Phi) is 6.52. The molecule has 0 saturated carbocycles. The fourth-order valence-electron chi connectivity index (χ4n) is 4.20. The second kappa shape index (κ2) is 9.87. The van der Waals surface area contributed by atoms with E-state index in [1.807, 2.05) is 6.07 Å². The summed E-state index contributed by atoms with van der Waals surface area (Å²) < 4.78 is 6.97. The number of nitrogens with zero attached hydrogens (tertiary/aromatic N) is 3. The van der Waals surface area contributed by atoms with Gasteiger partial charge in [0.15, 0.2) is 5.16 Å². The molecule has 0 atom stereocenters. The van der Waals surface area contributed by atoms with E-state index in [1.54, 1.807) is 36.6 Å². The van der Waals surface area contributed by atoms with Crippen LogP contribution in [-0.2, 0) is 24.2 Å². The quantitative estimate of drug-likeness (QED) is 0.233. The molecule has 3 aromatic heterocycles. The monoisotopic (exact) mass is 490 g/mol. The molecule has 0 aliphatic heterocycles. The molecule has 0 fully saturated rings. The standard InChI is InChI=1S/C25H22N4O3S2/c26-13-19-17-8-2-1-3-11-21(17)34-23(19)28-22(30)15-33-25-27-20-10-5-4-9-18(20)24(31)29(25)14-16-7-6-12-32-16/h4-7,9-10,12H,1-3,8,11,14-15H2,(H,28,30). The lowest BCUT2D eigenvalue weighted by atomic mass is 10.1. The van der Waals surface area contributed by atoms with E-state index in [-0.39, 0.29) is 23.8 Å². The van der Waals surface area contributed by atoms with Crippen molar-refractivity contribution in [2.75, 3.05) is 11.1 Å². The van der Waals surface area contributed by atoms with E-state index < -0.39 is 0 Å². The van der Waals surface area contributed by atoms with Crippen LogP contribution in [0.5, 0.6) is 0 Å². The van der Waals surface area contributed by atoms with Crippen LogP contribution in [0.25, 0.3) is 10.9 Å². The number of nitrogens with one attached hydrogen (secondary N) is 1. The van der Waals surface area contributed by atoms with Crippen molar-refractivity contribution in [1.82, 2.24) is 9.55 Å². The number of thioether (sulfide) groups is 1. The van der Waals surface area contributed by atoms with Gasteiger partial charge in [-0.2, -0.15) is 5.26 Å². The minimum Gasteiger partial charge on any atom is -0.467 e. The lowest BCUT2D eigenvalue weighted by Gasteiger charge is -2.12. The first-order chi connectivity index (χ1) is 16.6. The number of rotatable bonds is 6. The van der Waals surface area contributed by atoms with Gasteiger partial charge in [0.2, 0.25) is 5.91 Å². The topological polar surface area (TPSA) is 101 Å². The fourth-order valence-corrected chi connectivity index (χ4v) is 6.25. The van der Waals surface area contributed by atoms with E-state index >= 15 is 0 Å². The maximum Gasteiger partial charge on any atom is 0.262 e. The summed E-state index contributed by atoms with van der Waals surface area (Å²) in [7, 11) is 0. The first-order valence-electron chi connectivity index (χ1n) is 11.1. The van der Waals surface area contributed by atoms with E-state index in [4.69, 9.17) is 4.42 Å². The molecule has 1 N–H and O–H groups in total. The predicted molar refractivity (Wildman–Crippen MR) is 133 cm³/mol. The molecule has 4 aromatic rings. The number of carbonyl (C=O) groups excluding carboxylic acids is 1. The zero-order valence-electron chi connectivity index (χ0n) is 18.4. The Bertz CT molecular complexity index is 1450. The SMILES string of the molecule is N#Cc1c(NC(=O)CSc2nc3ccccc3c(=O)n2Cc2ccco2)sc2c1CCCCC2. The van der Waals surface area contributed by atoms with Gasteiger partial charge in [-0.15, -0.1) is 11.3 Å². The highest BCUT2D eigenvalue weighted by molar-refractivity contribution is 7.99. The molecule has 0 saturated heterocycles. The van der Waals surface area contributed by atoms with Crippen LogP contribution in [-0.4, -0.2) is 21.2 Å². The largest absolute Gasteiger partial charge is 0.467 e. The highest BCUT2D eigenvalue weighted by atomic mass is 32.2. The van der Waals surface area contributed by atoms with Gasteiger partial charge in [-0.25, -0.2) is 4.98 Å². The number of aryl methyl sites for hydroxylation is 1. The first-order valence-corrected chi connectivity index (χ1v) is 12.9. The maximum absolute atomic E-state index is 13.2. The van der Waals surface area contributed by atoms with Crippen LogP contribution in [0.15, 0.2) is 57.0 Å². The number of hydrogen-bond acceptors (Lipinski definition) is 7. The second-order valence-corrected chi connectivity index (χ2v) is 10.1. The maximum atomic E-state index is 13.2. The average Bonchev–Trinajstić information content (AvgIpc) is 3.41. The fraction of sp³-hybridized carbons (Fsp3) is 0.280. The molecular formula is C25H22N4O3S2. The van der Waals surface area contributed by atoms with E-state index in [0.29, 0.717) is 32.4 Å². The van der Waals surface area contributed by atoms with Crippen LogP contribution in [0.4, 0.5) is 5.00 Å². The summed E-state index contributed by atoms with van der Waals surface area (Å²) in [5.74, 6) is 0.463. The third kappa shape index (κ3) is 4.52. The summed E-state index contributed by atoms with van der Waals surface area (Å²) in [6, 6.07) is 13.0. The van der Waals surface area contributed by atoms with Gasteiger partial charge in [0.05, 0.1) is 35.0 Å². The van der Waals surface area contributed by atoms with Crippen LogP contribution >= 0.6 is 23.1 Å².